The van der Waals surface area contributed by atoms with Crippen LogP contribution in [0.15, 0.2) is 12.1 Å². The minimum absolute atomic E-state index is 0.171. The topological polar surface area (TPSA) is 75.3 Å². The summed E-state index contributed by atoms with van der Waals surface area (Å²) in [6.45, 7) is 3.23. The SMILES string of the molecule is CC(C)(CO)NC(=O)c1cc(Cl)c(N)c(Cl)c1. The highest BCUT2D eigenvalue weighted by Crippen LogP contribution is 2.28. The summed E-state index contributed by atoms with van der Waals surface area (Å²) in [6.07, 6.45) is 0. The van der Waals surface area contributed by atoms with Gasteiger partial charge >= 0.3 is 0 Å². The number of amides is 1. The molecule has 0 heterocycles. The van der Waals surface area contributed by atoms with Crippen LogP contribution in [0.3, 0.4) is 0 Å². The second kappa shape index (κ2) is 5.12. The van der Waals surface area contributed by atoms with Crippen molar-refractivity contribution in [3.05, 3.63) is 27.7 Å². The van der Waals surface area contributed by atoms with E-state index in [1.165, 1.54) is 12.1 Å². The van der Waals surface area contributed by atoms with Gasteiger partial charge in [0, 0.05) is 5.56 Å². The smallest absolute Gasteiger partial charge is 0.251 e. The zero-order valence-electron chi connectivity index (χ0n) is 9.55. The summed E-state index contributed by atoms with van der Waals surface area (Å²) in [5, 5.41) is 12.2. The lowest BCUT2D eigenvalue weighted by molar-refractivity contribution is 0.0869. The van der Waals surface area contributed by atoms with Crippen LogP contribution >= 0.6 is 23.2 Å². The Kier molecular flexibility index (Phi) is 4.25. The van der Waals surface area contributed by atoms with E-state index in [2.05, 4.69) is 5.32 Å². The van der Waals surface area contributed by atoms with Crippen LogP contribution in [0, 0.1) is 0 Å². The van der Waals surface area contributed by atoms with Gasteiger partial charge in [-0.25, -0.2) is 0 Å². The third kappa shape index (κ3) is 3.49. The molecule has 0 aliphatic carbocycles. The normalized spacial score (nSPS) is 11.4. The Bertz CT molecular complexity index is 424. The Labute approximate surface area is 110 Å². The van der Waals surface area contributed by atoms with E-state index in [9.17, 15) is 4.79 Å². The lowest BCUT2D eigenvalue weighted by Gasteiger charge is -2.23. The molecule has 0 aliphatic heterocycles. The van der Waals surface area contributed by atoms with E-state index < -0.39 is 5.54 Å². The molecule has 4 N–H and O–H groups in total. The molecular weight excluding hydrogens is 263 g/mol. The molecule has 0 atom stereocenters. The van der Waals surface area contributed by atoms with E-state index in [1.54, 1.807) is 13.8 Å². The van der Waals surface area contributed by atoms with Crippen LogP contribution in [-0.2, 0) is 0 Å². The van der Waals surface area contributed by atoms with E-state index >= 15 is 0 Å². The first-order chi connectivity index (χ1) is 7.76. The predicted molar refractivity (Wildman–Crippen MR) is 69.5 cm³/mol. The molecular formula is C11H14Cl2N2O2. The maximum absolute atomic E-state index is 11.9. The lowest BCUT2D eigenvalue weighted by atomic mass is 10.1. The van der Waals surface area contributed by atoms with Crippen LogP contribution < -0.4 is 11.1 Å². The van der Waals surface area contributed by atoms with Gasteiger partial charge in [0.05, 0.1) is 27.9 Å². The molecule has 94 valence electrons. The number of nitrogen functional groups attached to an aromatic ring is 1. The van der Waals surface area contributed by atoms with Crippen molar-refractivity contribution in [2.24, 2.45) is 0 Å². The van der Waals surface area contributed by atoms with Gasteiger partial charge in [0.15, 0.2) is 0 Å². The van der Waals surface area contributed by atoms with Crippen molar-refractivity contribution in [2.45, 2.75) is 19.4 Å². The number of rotatable bonds is 3. The molecule has 0 unspecified atom stereocenters. The highest BCUT2D eigenvalue weighted by atomic mass is 35.5. The highest BCUT2D eigenvalue weighted by molar-refractivity contribution is 6.39. The van der Waals surface area contributed by atoms with Gasteiger partial charge in [0.1, 0.15) is 0 Å². The third-order valence-corrected chi connectivity index (χ3v) is 2.81. The van der Waals surface area contributed by atoms with Crippen molar-refractivity contribution in [3.63, 3.8) is 0 Å². The summed E-state index contributed by atoms with van der Waals surface area (Å²) in [6, 6.07) is 2.87. The Hall–Kier alpha value is -0.970. The number of nitrogens with two attached hydrogens (primary N) is 1. The van der Waals surface area contributed by atoms with Crippen molar-refractivity contribution in [3.8, 4) is 0 Å². The standard InChI is InChI=1S/C11H14Cl2N2O2/c1-11(2,5-16)15-10(17)6-3-7(12)9(14)8(13)4-6/h3-4,16H,5,14H2,1-2H3,(H,15,17). The van der Waals surface area contributed by atoms with Crippen LogP contribution in [0.1, 0.15) is 24.2 Å². The minimum Gasteiger partial charge on any atom is -0.396 e. The number of carbonyl (C=O) groups excluding carboxylic acids is 1. The average Bonchev–Trinajstić information content (AvgIpc) is 2.24. The maximum atomic E-state index is 11.9. The van der Waals surface area contributed by atoms with Crippen molar-refractivity contribution < 1.29 is 9.90 Å². The number of halogens is 2. The molecule has 0 fully saturated rings. The number of benzene rings is 1. The van der Waals surface area contributed by atoms with Gasteiger partial charge in [-0.15, -0.1) is 0 Å². The highest BCUT2D eigenvalue weighted by Gasteiger charge is 2.21. The number of aliphatic hydroxyl groups excluding tert-OH is 1. The molecule has 1 aromatic rings. The summed E-state index contributed by atoms with van der Waals surface area (Å²) in [7, 11) is 0. The van der Waals surface area contributed by atoms with E-state index in [1.807, 2.05) is 0 Å². The molecule has 0 saturated heterocycles. The Morgan fingerprint density at radius 3 is 2.29 bits per heavy atom. The van der Waals surface area contributed by atoms with E-state index in [0.29, 0.717) is 5.56 Å². The largest absolute Gasteiger partial charge is 0.396 e. The van der Waals surface area contributed by atoms with Gasteiger partial charge in [-0.1, -0.05) is 23.2 Å². The summed E-state index contributed by atoms with van der Waals surface area (Å²) in [4.78, 5) is 11.9. The molecule has 0 saturated carbocycles. The first-order valence-corrected chi connectivity index (χ1v) is 5.70. The Morgan fingerprint density at radius 1 is 1.41 bits per heavy atom. The Morgan fingerprint density at radius 2 is 1.88 bits per heavy atom. The second-order valence-corrected chi connectivity index (χ2v) is 5.16. The van der Waals surface area contributed by atoms with Crippen LogP contribution in [0.4, 0.5) is 5.69 Å². The predicted octanol–water partition coefficient (Wildman–Crippen LogP) is 2.08. The molecule has 0 bridgehead atoms. The maximum Gasteiger partial charge on any atom is 0.251 e. The van der Waals surface area contributed by atoms with Crippen LogP contribution in [-0.4, -0.2) is 23.2 Å². The van der Waals surface area contributed by atoms with Gasteiger partial charge in [-0.05, 0) is 26.0 Å². The van der Waals surface area contributed by atoms with Crippen molar-refractivity contribution in [2.75, 3.05) is 12.3 Å². The fraction of sp³-hybridized carbons (Fsp3) is 0.364. The van der Waals surface area contributed by atoms with Gasteiger partial charge in [-0.3, -0.25) is 4.79 Å². The average molecular weight is 277 g/mol. The molecule has 0 aliphatic rings. The fourth-order valence-electron chi connectivity index (χ4n) is 1.13. The number of anilines is 1. The van der Waals surface area contributed by atoms with Crippen molar-refractivity contribution >= 4 is 34.8 Å². The molecule has 1 amide bonds. The number of hydrogen-bond acceptors (Lipinski definition) is 3. The van der Waals surface area contributed by atoms with Gasteiger partial charge in [0.2, 0.25) is 0 Å². The van der Waals surface area contributed by atoms with E-state index in [-0.39, 0.29) is 28.2 Å². The molecule has 17 heavy (non-hydrogen) atoms. The number of aliphatic hydroxyl groups is 1. The first-order valence-electron chi connectivity index (χ1n) is 4.95. The van der Waals surface area contributed by atoms with E-state index in [0.717, 1.165) is 0 Å². The van der Waals surface area contributed by atoms with Crippen LogP contribution in [0.25, 0.3) is 0 Å². The zero-order chi connectivity index (χ0) is 13.2. The summed E-state index contributed by atoms with van der Waals surface area (Å²) in [5.41, 5.74) is 5.40. The van der Waals surface area contributed by atoms with E-state index in [4.69, 9.17) is 34.0 Å². The van der Waals surface area contributed by atoms with Gasteiger partial charge in [0.25, 0.3) is 5.91 Å². The number of carbonyl (C=O) groups is 1. The third-order valence-electron chi connectivity index (χ3n) is 2.19. The van der Waals surface area contributed by atoms with Gasteiger partial charge in [-0.2, -0.15) is 0 Å². The fourth-order valence-corrected chi connectivity index (χ4v) is 1.62. The molecule has 0 spiro atoms. The summed E-state index contributed by atoms with van der Waals surface area (Å²) in [5.74, 6) is -0.368. The number of hydrogen-bond donors (Lipinski definition) is 3. The summed E-state index contributed by atoms with van der Waals surface area (Å²) >= 11 is 11.7. The van der Waals surface area contributed by atoms with Crippen LogP contribution in [0.5, 0.6) is 0 Å². The lowest BCUT2D eigenvalue weighted by Crippen LogP contribution is -2.46. The van der Waals surface area contributed by atoms with Gasteiger partial charge < -0.3 is 16.2 Å². The molecule has 1 aromatic carbocycles. The molecule has 4 nitrogen and oxygen atoms in total. The molecule has 0 aromatic heterocycles. The number of nitrogens with one attached hydrogen (secondary N) is 1. The molecule has 6 heteroatoms. The van der Waals surface area contributed by atoms with Crippen molar-refractivity contribution in [1.29, 1.82) is 0 Å². The zero-order valence-corrected chi connectivity index (χ0v) is 11.1. The quantitative estimate of drug-likeness (QED) is 0.740. The van der Waals surface area contributed by atoms with Crippen LogP contribution in [0.2, 0.25) is 10.0 Å². The Balaban J connectivity index is 2.98. The minimum atomic E-state index is -0.711. The molecule has 1 rings (SSSR count). The summed E-state index contributed by atoms with van der Waals surface area (Å²) < 4.78 is 0. The monoisotopic (exact) mass is 276 g/mol. The van der Waals surface area contributed by atoms with Crippen molar-refractivity contribution in [1.82, 2.24) is 5.32 Å². The first kappa shape index (κ1) is 14.1. The molecule has 0 radical (unpaired) electrons. The second-order valence-electron chi connectivity index (χ2n) is 4.35.